The Hall–Kier alpha value is -2.15. The van der Waals surface area contributed by atoms with Crippen molar-refractivity contribution >= 4 is 35.6 Å². The number of alkyl halides is 1. The molecule has 0 unspecified atom stereocenters. The third-order valence-corrected chi connectivity index (χ3v) is 11.4. The Labute approximate surface area is 159 Å². The minimum atomic E-state index is -1.50. The molecule has 0 spiro atoms. The molecule has 0 bridgehead atoms. The van der Waals surface area contributed by atoms with Crippen molar-refractivity contribution in [3.63, 3.8) is 0 Å². The number of hydrogen-bond acceptors (Lipinski definition) is 4. The molecule has 3 heterocycles. The van der Waals surface area contributed by atoms with Gasteiger partial charge in [-0.3, -0.25) is 0 Å². The van der Waals surface area contributed by atoms with Gasteiger partial charge in [0.15, 0.2) is 0 Å². The Morgan fingerprint density at radius 3 is 2.73 bits per heavy atom. The van der Waals surface area contributed by atoms with Crippen molar-refractivity contribution < 1.29 is 19.3 Å². The molecule has 0 saturated heterocycles. The number of phenols is 1. The molecule has 1 N–H and O–H groups in total. The van der Waals surface area contributed by atoms with Crippen LogP contribution in [0, 0.1) is 0 Å². The van der Waals surface area contributed by atoms with Crippen molar-refractivity contribution in [2.24, 2.45) is 0 Å². The van der Waals surface area contributed by atoms with Gasteiger partial charge in [-0.25, -0.2) is 0 Å². The van der Waals surface area contributed by atoms with E-state index in [2.05, 4.69) is 31.2 Å². The monoisotopic (exact) mass is 462 g/mol. The van der Waals surface area contributed by atoms with Gasteiger partial charge in [0.2, 0.25) is 0 Å². The van der Waals surface area contributed by atoms with Crippen LogP contribution in [0.25, 0.3) is 15.7 Å². The molecule has 134 valence electrons. The molecule has 2 aromatic carbocycles. The van der Waals surface area contributed by atoms with Crippen LogP contribution in [-0.2, 0) is 6.42 Å². The van der Waals surface area contributed by atoms with Crippen LogP contribution in [0.4, 0.5) is 0 Å². The second-order valence-electron chi connectivity index (χ2n) is 6.51. The number of benzene rings is 2. The summed E-state index contributed by atoms with van der Waals surface area (Å²) in [7, 11) is 1.59. The average Bonchev–Trinajstić information content (AvgIpc) is 3.04. The van der Waals surface area contributed by atoms with Crippen molar-refractivity contribution in [1.82, 2.24) is 0 Å². The van der Waals surface area contributed by atoms with Crippen LogP contribution in [0.2, 0.25) is 0 Å². The summed E-state index contributed by atoms with van der Waals surface area (Å²) in [5, 5.41) is 10.6. The number of fused-ring (bicyclic) bond motifs is 5. The Kier molecular flexibility index (Phi) is 3.67. The van der Waals surface area contributed by atoms with Gasteiger partial charge in [-0.1, -0.05) is 0 Å². The van der Waals surface area contributed by atoms with Gasteiger partial charge in [-0.05, 0) is 0 Å². The van der Waals surface area contributed by atoms with E-state index >= 15 is 0 Å². The van der Waals surface area contributed by atoms with Gasteiger partial charge in [0.1, 0.15) is 0 Å². The van der Waals surface area contributed by atoms with Crippen LogP contribution >= 0.6 is 19.8 Å². The van der Waals surface area contributed by atoms with Gasteiger partial charge >= 0.3 is 160 Å². The molecule has 3 aliphatic heterocycles. The third-order valence-electron chi connectivity index (χ3n) is 5.07. The molecule has 0 atom stereocenters. The van der Waals surface area contributed by atoms with E-state index in [9.17, 15) is 5.11 Å². The van der Waals surface area contributed by atoms with Crippen LogP contribution < -0.4 is 14.2 Å². The fourth-order valence-corrected chi connectivity index (χ4v) is 9.81. The fraction of sp³-hybridized carbons (Fsp3) is 0.238. The standard InChI is InChI=1S/C21H19IO4/c1-12-7-16-13(3-4-18(24-2)21(16)23)8-17-15-10-20-19(25-11-26-20)9-14(15)5-6-22(12)17/h3-4,7-10,23H,5-6,11H2,1-2H3. The van der Waals surface area contributed by atoms with Gasteiger partial charge in [-0.2, -0.15) is 0 Å². The maximum absolute atomic E-state index is 10.6. The van der Waals surface area contributed by atoms with E-state index in [1.807, 2.05) is 12.1 Å². The zero-order valence-corrected chi connectivity index (χ0v) is 16.8. The molecular formula is C21H19IO4. The Balaban J connectivity index is 1.73. The Morgan fingerprint density at radius 1 is 1.12 bits per heavy atom. The van der Waals surface area contributed by atoms with Crippen molar-refractivity contribution in [1.29, 1.82) is 0 Å². The summed E-state index contributed by atoms with van der Waals surface area (Å²) >= 11 is -1.50. The summed E-state index contributed by atoms with van der Waals surface area (Å²) in [6, 6.07) is 8.16. The molecule has 0 saturated carbocycles. The van der Waals surface area contributed by atoms with Gasteiger partial charge in [0.05, 0.1) is 0 Å². The zero-order chi connectivity index (χ0) is 17.8. The van der Waals surface area contributed by atoms with E-state index in [1.54, 1.807) is 7.11 Å². The van der Waals surface area contributed by atoms with Gasteiger partial charge in [0.25, 0.3) is 0 Å². The van der Waals surface area contributed by atoms with Gasteiger partial charge in [0, 0.05) is 0 Å². The summed E-state index contributed by atoms with van der Waals surface area (Å²) in [6.07, 6.45) is 5.51. The summed E-state index contributed by atoms with van der Waals surface area (Å²) in [6.45, 7) is 2.51. The predicted molar refractivity (Wildman–Crippen MR) is 111 cm³/mol. The first-order valence-corrected chi connectivity index (χ1v) is 12.2. The molecule has 0 fully saturated rings. The Bertz CT molecular complexity index is 990. The molecule has 4 nitrogen and oxygen atoms in total. The first-order chi connectivity index (χ1) is 12.7. The van der Waals surface area contributed by atoms with Crippen LogP contribution in [0.5, 0.6) is 23.0 Å². The average molecular weight is 462 g/mol. The van der Waals surface area contributed by atoms with E-state index in [0.29, 0.717) is 12.5 Å². The van der Waals surface area contributed by atoms with Crippen LogP contribution in [-0.4, -0.2) is 23.4 Å². The van der Waals surface area contributed by atoms with Crippen LogP contribution in [0.3, 0.4) is 0 Å². The molecule has 5 heteroatoms. The number of rotatable bonds is 1. The number of methoxy groups -OCH3 is 1. The van der Waals surface area contributed by atoms with E-state index in [4.69, 9.17) is 14.2 Å². The maximum atomic E-state index is 10.6. The van der Waals surface area contributed by atoms with Gasteiger partial charge < -0.3 is 0 Å². The predicted octanol–water partition coefficient (Wildman–Crippen LogP) is 5.06. The van der Waals surface area contributed by atoms with Crippen molar-refractivity contribution in [3.8, 4) is 23.0 Å². The number of phenolic OH excluding ortho intramolecular Hbond substituents is 1. The number of aryl methyl sites for hydroxylation is 1. The van der Waals surface area contributed by atoms with Crippen molar-refractivity contribution in [3.05, 3.63) is 50.1 Å². The molecule has 0 aliphatic carbocycles. The summed E-state index contributed by atoms with van der Waals surface area (Å²) in [5.41, 5.74) is 4.54. The first-order valence-electron chi connectivity index (χ1n) is 8.54. The fourth-order valence-electron chi connectivity index (χ4n) is 3.73. The number of aromatic hydroxyl groups is 1. The molecule has 0 aromatic heterocycles. The molecule has 5 rings (SSSR count). The molecule has 26 heavy (non-hydrogen) atoms. The normalized spacial score (nSPS) is 18.2. The SMILES string of the molecule is COc1ccc2c(c1O)C=C(C)I1CCc3cc4c(cc3C1=C2)OCO4. The van der Waals surface area contributed by atoms with Crippen LogP contribution in [0.1, 0.15) is 29.2 Å². The zero-order valence-electron chi connectivity index (χ0n) is 14.6. The van der Waals surface area contributed by atoms with E-state index in [1.165, 1.54) is 22.7 Å². The second kappa shape index (κ2) is 5.94. The quantitative estimate of drug-likeness (QED) is 0.476. The van der Waals surface area contributed by atoms with Crippen molar-refractivity contribution in [2.45, 2.75) is 13.3 Å². The molecule has 0 amide bonds. The number of ether oxygens (including phenoxy) is 3. The Morgan fingerprint density at radius 2 is 1.92 bits per heavy atom. The summed E-state index contributed by atoms with van der Waals surface area (Å²) < 4.78 is 20.5. The second-order valence-corrected chi connectivity index (χ2v) is 12.5. The van der Waals surface area contributed by atoms with E-state index in [-0.39, 0.29) is 5.75 Å². The molecule has 2 aromatic rings. The molecule has 3 aliphatic rings. The van der Waals surface area contributed by atoms with Gasteiger partial charge in [-0.15, -0.1) is 0 Å². The van der Waals surface area contributed by atoms with Crippen LogP contribution in [0.15, 0.2) is 27.8 Å². The number of halogens is 1. The summed E-state index contributed by atoms with van der Waals surface area (Å²) in [5.74, 6) is 2.44. The number of allylic oxidation sites excluding steroid dienone is 1. The third kappa shape index (κ3) is 2.33. The topological polar surface area (TPSA) is 47.9 Å². The molecular weight excluding hydrogens is 443 g/mol. The number of hydrogen-bond donors (Lipinski definition) is 1. The first kappa shape index (κ1) is 16.1. The molecule has 0 radical (unpaired) electrons. The minimum absolute atomic E-state index is 0.225. The van der Waals surface area contributed by atoms with E-state index < -0.39 is 19.8 Å². The summed E-state index contributed by atoms with van der Waals surface area (Å²) in [4.78, 5) is 0. The van der Waals surface area contributed by atoms with Crippen molar-refractivity contribution in [2.75, 3.05) is 18.3 Å². The van der Waals surface area contributed by atoms with E-state index in [0.717, 1.165) is 29.0 Å².